The largest absolute Gasteiger partial charge is 0.355 e. The number of fused-ring (bicyclic) bond motifs is 3. The van der Waals surface area contributed by atoms with E-state index < -0.39 is 0 Å². The molecule has 1 aromatic carbocycles. The van der Waals surface area contributed by atoms with Crippen molar-refractivity contribution in [2.75, 3.05) is 38.0 Å². The fourth-order valence-electron chi connectivity index (χ4n) is 4.31. The van der Waals surface area contributed by atoms with Gasteiger partial charge < -0.3 is 14.7 Å². The van der Waals surface area contributed by atoms with Crippen molar-refractivity contribution in [3.05, 3.63) is 57.4 Å². The van der Waals surface area contributed by atoms with E-state index in [1.165, 1.54) is 10.4 Å². The highest BCUT2D eigenvalue weighted by Crippen LogP contribution is 2.38. The molecule has 1 N–H and O–H groups in total. The number of piperazine rings is 1. The minimum absolute atomic E-state index is 0.206. The Hall–Kier alpha value is -2.48. The molecule has 5 rings (SSSR count). The predicted molar refractivity (Wildman–Crippen MR) is 119 cm³/mol. The molecule has 0 radical (unpaired) electrons. The van der Waals surface area contributed by atoms with Crippen LogP contribution < -0.4 is 5.32 Å². The molecule has 0 bridgehead atoms. The standard InChI is InChI=1S/C23H26N4O2S/c1-2-26-10-12-27(13-11-26)15-16-3-5-17(6-4-16)24-23(28)21-19-7-8-20-18(9-14-30-20)22(19)29-25-21/h3-6,9,14H,2,7-8,10-13,15H2,1H3,(H,24,28). The second kappa shape index (κ2) is 8.34. The number of hydrogen-bond acceptors (Lipinski definition) is 6. The highest BCUT2D eigenvalue weighted by atomic mass is 32.1. The summed E-state index contributed by atoms with van der Waals surface area (Å²) in [5.74, 6) is 0.545. The van der Waals surface area contributed by atoms with Gasteiger partial charge in [-0.25, -0.2) is 0 Å². The second-order valence-electron chi connectivity index (χ2n) is 7.96. The molecule has 2 aromatic heterocycles. The Bertz CT molecular complexity index is 1030. The first-order valence-corrected chi connectivity index (χ1v) is 11.5. The minimum Gasteiger partial charge on any atom is -0.355 e. The first kappa shape index (κ1) is 19.5. The number of hydrogen-bond donors (Lipinski definition) is 1. The van der Waals surface area contributed by atoms with E-state index in [0.29, 0.717) is 5.69 Å². The fraction of sp³-hybridized carbons (Fsp3) is 0.391. The zero-order valence-electron chi connectivity index (χ0n) is 17.2. The normalized spacial score (nSPS) is 16.8. The van der Waals surface area contributed by atoms with Crippen LogP contribution in [0.25, 0.3) is 11.3 Å². The molecule has 7 heteroatoms. The van der Waals surface area contributed by atoms with Crippen molar-refractivity contribution < 1.29 is 9.32 Å². The van der Waals surface area contributed by atoms with Crippen LogP contribution in [0.5, 0.6) is 0 Å². The molecule has 2 aliphatic rings. The van der Waals surface area contributed by atoms with E-state index in [2.05, 4.69) is 44.7 Å². The van der Waals surface area contributed by atoms with E-state index in [-0.39, 0.29) is 5.91 Å². The quantitative estimate of drug-likeness (QED) is 0.676. The number of amides is 1. The van der Waals surface area contributed by atoms with Crippen LogP contribution in [0.4, 0.5) is 5.69 Å². The summed E-state index contributed by atoms with van der Waals surface area (Å²) >= 11 is 1.73. The number of anilines is 1. The average Bonchev–Trinajstić information content (AvgIpc) is 3.42. The van der Waals surface area contributed by atoms with Crippen LogP contribution in [-0.2, 0) is 19.4 Å². The van der Waals surface area contributed by atoms with Gasteiger partial charge in [0.05, 0.1) is 0 Å². The van der Waals surface area contributed by atoms with Crippen LogP contribution in [0.3, 0.4) is 0 Å². The van der Waals surface area contributed by atoms with Crippen molar-refractivity contribution in [2.45, 2.75) is 26.3 Å². The van der Waals surface area contributed by atoms with Crippen molar-refractivity contribution >= 4 is 22.9 Å². The summed E-state index contributed by atoms with van der Waals surface area (Å²) in [5.41, 5.74) is 4.45. The summed E-state index contributed by atoms with van der Waals surface area (Å²) in [7, 11) is 0. The highest BCUT2D eigenvalue weighted by Gasteiger charge is 2.28. The smallest absolute Gasteiger partial charge is 0.278 e. The van der Waals surface area contributed by atoms with Gasteiger partial charge in [-0.1, -0.05) is 24.2 Å². The third-order valence-corrected chi connectivity index (χ3v) is 7.11. The Morgan fingerprint density at radius 3 is 2.63 bits per heavy atom. The van der Waals surface area contributed by atoms with Gasteiger partial charge in [0, 0.05) is 54.4 Å². The van der Waals surface area contributed by atoms with Crippen molar-refractivity contribution in [3.8, 4) is 11.3 Å². The summed E-state index contributed by atoms with van der Waals surface area (Å²) in [6, 6.07) is 10.2. The summed E-state index contributed by atoms with van der Waals surface area (Å²) < 4.78 is 5.54. The van der Waals surface area contributed by atoms with Gasteiger partial charge in [-0.05, 0) is 48.5 Å². The fourth-order valence-corrected chi connectivity index (χ4v) is 5.19. The van der Waals surface area contributed by atoms with Crippen LogP contribution in [0, 0.1) is 0 Å². The number of thiophene rings is 1. The molecule has 0 unspecified atom stereocenters. The zero-order valence-corrected chi connectivity index (χ0v) is 18.0. The Morgan fingerprint density at radius 1 is 1.10 bits per heavy atom. The van der Waals surface area contributed by atoms with Crippen molar-refractivity contribution in [2.24, 2.45) is 0 Å². The van der Waals surface area contributed by atoms with Gasteiger partial charge in [-0.3, -0.25) is 9.69 Å². The number of carbonyl (C=O) groups is 1. The highest BCUT2D eigenvalue weighted by molar-refractivity contribution is 7.10. The molecular weight excluding hydrogens is 396 g/mol. The Morgan fingerprint density at radius 2 is 1.87 bits per heavy atom. The number of benzene rings is 1. The Balaban J connectivity index is 1.22. The van der Waals surface area contributed by atoms with Gasteiger partial charge in [-0.2, -0.15) is 0 Å². The number of aryl methyl sites for hydroxylation is 1. The molecule has 0 spiro atoms. The predicted octanol–water partition coefficient (Wildman–Crippen LogP) is 3.89. The lowest BCUT2D eigenvalue weighted by molar-refractivity contribution is 0.101. The van der Waals surface area contributed by atoms with Crippen LogP contribution in [-0.4, -0.2) is 53.6 Å². The molecule has 1 saturated heterocycles. The molecule has 6 nitrogen and oxygen atoms in total. The third-order valence-electron chi connectivity index (χ3n) is 6.13. The number of likely N-dealkylation sites (N-methyl/N-ethyl adjacent to an activating group) is 1. The molecule has 1 amide bonds. The van der Waals surface area contributed by atoms with Crippen LogP contribution in [0.2, 0.25) is 0 Å². The molecule has 3 aromatic rings. The summed E-state index contributed by atoms with van der Waals surface area (Å²) in [5, 5.41) is 9.13. The first-order valence-electron chi connectivity index (χ1n) is 10.6. The third kappa shape index (κ3) is 3.80. The molecule has 0 saturated carbocycles. The number of nitrogens with zero attached hydrogens (tertiary/aromatic N) is 3. The lowest BCUT2D eigenvalue weighted by atomic mass is 9.95. The average molecular weight is 423 g/mol. The van der Waals surface area contributed by atoms with Gasteiger partial charge >= 0.3 is 0 Å². The van der Waals surface area contributed by atoms with E-state index in [1.807, 2.05) is 18.2 Å². The molecule has 0 atom stereocenters. The van der Waals surface area contributed by atoms with Gasteiger partial charge in [-0.15, -0.1) is 11.3 Å². The van der Waals surface area contributed by atoms with E-state index in [1.54, 1.807) is 11.3 Å². The number of rotatable bonds is 5. The van der Waals surface area contributed by atoms with Gasteiger partial charge in [0.2, 0.25) is 0 Å². The summed E-state index contributed by atoms with van der Waals surface area (Å²) in [6.45, 7) is 8.79. The lowest BCUT2D eigenvalue weighted by Gasteiger charge is -2.34. The molecule has 156 valence electrons. The van der Waals surface area contributed by atoms with E-state index in [9.17, 15) is 4.79 Å². The SMILES string of the molecule is CCN1CCN(Cc2ccc(NC(=O)c3noc4c3CCc3sccc3-4)cc2)CC1. The Labute approximate surface area is 180 Å². The minimum atomic E-state index is -0.206. The first-order chi connectivity index (χ1) is 14.7. The van der Waals surface area contributed by atoms with Crippen LogP contribution in [0.15, 0.2) is 40.2 Å². The number of aromatic nitrogens is 1. The lowest BCUT2D eigenvalue weighted by Crippen LogP contribution is -2.45. The van der Waals surface area contributed by atoms with E-state index >= 15 is 0 Å². The maximum atomic E-state index is 12.8. The van der Waals surface area contributed by atoms with Crippen molar-refractivity contribution in [1.29, 1.82) is 0 Å². The maximum Gasteiger partial charge on any atom is 0.278 e. The molecule has 1 aliphatic carbocycles. The molecular formula is C23H26N4O2S. The summed E-state index contributed by atoms with van der Waals surface area (Å²) in [6.07, 6.45) is 1.72. The zero-order chi connectivity index (χ0) is 20.5. The van der Waals surface area contributed by atoms with Crippen LogP contribution in [0.1, 0.15) is 33.4 Å². The van der Waals surface area contributed by atoms with Gasteiger partial charge in [0.1, 0.15) is 0 Å². The van der Waals surface area contributed by atoms with Gasteiger partial charge in [0.25, 0.3) is 5.91 Å². The number of nitrogens with one attached hydrogen (secondary N) is 1. The van der Waals surface area contributed by atoms with Crippen molar-refractivity contribution in [1.82, 2.24) is 15.0 Å². The summed E-state index contributed by atoms with van der Waals surface area (Å²) in [4.78, 5) is 19.1. The molecule has 3 heterocycles. The van der Waals surface area contributed by atoms with E-state index in [0.717, 1.165) is 74.7 Å². The van der Waals surface area contributed by atoms with Crippen LogP contribution >= 0.6 is 11.3 Å². The molecule has 30 heavy (non-hydrogen) atoms. The number of carbonyl (C=O) groups excluding carboxylic acids is 1. The Kier molecular flexibility index (Phi) is 5.41. The van der Waals surface area contributed by atoms with Crippen molar-refractivity contribution in [3.63, 3.8) is 0 Å². The monoisotopic (exact) mass is 422 g/mol. The topological polar surface area (TPSA) is 61.6 Å². The molecule has 1 fully saturated rings. The molecule has 1 aliphatic heterocycles. The van der Waals surface area contributed by atoms with E-state index in [4.69, 9.17) is 4.52 Å². The van der Waals surface area contributed by atoms with Gasteiger partial charge in [0.15, 0.2) is 11.5 Å². The maximum absolute atomic E-state index is 12.8. The second-order valence-corrected chi connectivity index (χ2v) is 8.96.